The molecule has 0 radical (unpaired) electrons. The molecule has 0 aromatic heterocycles. The second-order valence-corrected chi connectivity index (χ2v) is 8.97. The number of fused-ring (bicyclic) bond motifs is 1. The second-order valence-electron chi connectivity index (χ2n) is 7.80. The Hall–Kier alpha value is -2.39. The van der Waals surface area contributed by atoms with Crippen LogP contribution in [0.25, 0.3) is 0 Å². The molecule has 6 atom stereocenters. The number of rotatable bonds is 5. The zero-order valence-corrected chi connectivity index (χ0v) is 18.9. The fourth-order valence-electron chi connectivity index (χ4n) is 3.81. The van der Waals surface area contributed by atoms with Crippen molar-refractivity contribution >= 4 is 23.7 Å². The number of esters is 2. The molecule has 8 heteroatoms. The van der Waals surface area contributed by atoms with Crippen LogP contribution in [0, 0.1) is 6.92 Å². The summed E-state index contributed by atoms with van der Waals surface area (Å²) in [6, 6.07) is 17.4. The first kappa shape index (κ1) is 22.8. The summed E-state index contributed by atoms with van der Waals surface area (Å²) < 4.78 is 29.7. The molecule has 2 aliphatic rings. The number of aryl methyl sites for hydroxylation is 1. The topological polar surface area (TPSA) is 80.3 Å². The van der Waals surface area contributed by atoms with Gasteiger partial charge in [0.05, 0.1) is 6.61 Å². The van der Waals surface area contributed by atoms with Gasteiger partial charge in [0.2, 0.25) is 0 Å². The van der Waals surface area contributed by atoms with Gasteiger partial charge in [0.15, 0.2) is 18.5 Å². The Morgan fingerprint density at radius 2 is 1.56 bits per heavy atom. The summed E-state index contributed by atoms with van der Waals surface area (Å²) >= 11 is 1.41. The summed E-state index contributed by atoms with van der Waals surface area (Å²) in [7, 11) is 0. The first-order valence-corrected chi connectivity index (χ1v) is 11.3. The van der Waals surface area contributed by atoms with E-state index in [0.717, 1.165) is 16.0 Å². The predicted molar refractivity (Wildman–Crippen MR) is 117 cm³/mol. The van der Waals surface area contributed by atoms with Crippen LogP contribution >= 0.6 is 11.8 Å². The van der Waals surface area contributed by atoms with Crippen molar-refractivity contribution in [3.05, 3.63) is 65.7 Å². The average molecular weight is 459 g/mol. The van der Waals surface area contributed by atoms with Crippen LogP contribution in [0.1, 0.15) is 31.3 Å². The van der Waals surface area contributed by atoms with Gasteiger partial charge in [-0.25, -0.2) is 0 Å². The highest BCUT2D eigenvalue weighted by Gasteiger charge is 2.53. The van der Waals surface area contributed by atoms with Crippen molar-refractivity contribution in [2.75, 3.05) is 6.61 Å². The zero-order valence-electron chi connectivity index (χ0n) is 18.1. The quantitative estimate of drug-likeness (QED) is 0.626. The van der Waals surface area contributed by atoms with E-state index in [2.05, 4.69) is 0 Å². The number of carbonyl (C=O) groups excluding carboxylic acids is 2. The van der Waals surface area contributed by atoms with Gasteiger partial charge in [0.25, 0.3) is 0 Å². The Balaban J connectivity index is 1.61. The van der Waals surface area contributed by atoms with Crippen molar-refractivity contribution in [2.45, 2.75) is 61.8 Å². The Morgan fingerprint density at radius 3 is 2.22 bits per heavy atom. The molecule has 2 heterocycles. The van der Waals surface area contributed by atoms with Crippen molar-refractivity contribution < 1.29 is 33.3 Å². The molecule has 0 spiro atoms. The van der Waals surface area contributed by atoms with Crippen LogP contribution in [-0.2, 0) is 33.3 Å². The largest absolute Gasteiger partial charge is 0.456 e. The lowest BCUT2D eigenvalue weighted by Gasteiger charge is -2.48. The van der Waals surface area contributed by atoms with Crippen LogP contribution in [0.5, 0.6) is 0 Å². The van der Waals surface area contributed by atoms with Crippen LogP contribution in [0.4, 0.5) is 0 Å². The molecule has 0 aliphatic carbocycles. The van der Waals surface area contributed by atoms with Gasteiger partial charge in [-0.05, 0) is 19.1 Å². The van der Waals surface area contributed by atoms with Gasteiger partial charge in [-0.2, -0.15) is 0 Å². The lowest BCUT2D eigenvalue weighted by molar-refractivity contribution is -0.320. The molecular formula is C24H26O7S. The summed E-state index contributed by atoms with van der Waals surface area (Å²) in [5.41, 5.74) is 1.37. The lowest BCUT2D eigenvalue weighted by atomic mass is 9.98. The highest BCUT2D eigenvalue weighted by atomic mass is 32.2. The van der Waals surface area contributed by atoms with Crippen molar-refractivity contribution in [2.24, 2.45) is 0 Å². The molecule has 2 aliphatic heterocycles. The van der Waals surface area contributed by atoms with Crippen LogP contribution in [-0.4, -0.2) is 48.4 Å². The Labute approximate surface area is 191 Å². The van der Waals surface area contributed by atoms with Gasteiger partial charge in [-0.15, -0.1) is 0 Å². The summed E-state index contributed by atoms with van der Waals surface area (Å²) in [5.74, 6) is -0.978. The second kappa shape index (κ2) is 10.0. The molecule has 2 saturated heterocycles. The van der Waals surface area contributed by atoms with Gasteiger partial charge in [-0.3, -0.25) is 9.59 Å². The summed E-state index contributed by atoms with van der Waals surface area (Å²) in [4.78, 5) is 24.9. The number of hydrogen-bond donors (Lipinski definition) is 0. The standard InChI is InChI=1S/C24H26O7S/c1-14-9-11-18(12-10-14)32-24-22(29-16(3)26)21(28-15(2)25)20-19(30-24)13-27-23(31-20)17-7-5-4-6-8-17/h4-12,19-24H,13H2,1-3H3/t19-,20-,21+,22-,23?,24+/m1/s1. The molecular weight excluding hydrogens is 432 g/mol. The molecule has 170 valence electrons. The summed E-state index contributed by atoms with van der Waals surface area (Å²) in [6.45, 7) is 4.90. The van der Waals surface area contributed by atoms with E-state index in [9.17, 15) is 9.59 Å². The fourth-order valence-corrected chi connectivity index (χ4v) is 4.92. The summed E-state index contributed by atoms with van der Waals surface area (Å²) in [5, 5.41) is 0. The smallest absolute Gasteiger partial charge is 0.303 e. The zero-order chi connectivity index (χ0) is 22.7. The predicted octanol–water partition coefficient (Wildman–Crippen LogP) is 3.79. The van der Waals surface area contributed by atoms with Crippen LogP contribution in [0.15, 0.2) is 59.5 Å². The highest BCUT2D eigenvalue weighted by molar-refractivity contribution is 7.99. The Morgan fingerprint density at radius 1 is 0.906 bits per heavy atom. The number of ether oxygens (including phenoxy) is 5. The molecule has 0 amide bonds. The number of hydrogen-bond acceptors (Lipinski definition) is 8. The minimum absolute atomic E-state index is 0.250. The molecule has 2 aromatic carbocycles. The maximum Gasteiger partial charge on any atom is 0.303 e. The summed E-state index contributed by atoms with van der Waals surface area (Å²) in [6.07, 6.45) is -3.48. The third-order valence-electron chi connectivity index (χ3n) is 5.23. The van der Waals surface area contributed by atoms with E-state index < -0.39 is 48.1 Å². The van der Waals surface area contributed by atoms with Crippen LogP contribution in [0.2, 0.25) is 0 Å². The van der Waals surface area contributed by atoms with E-state index in [1.165, 1.54) is 25.6 Å². The van der Waals surface area contributed by atoms with Crippen molar-refractivity contribution in [1.29, 1.82) is 0 Å². The molecule has 0 saturated carbocycles. The molecule has 2 fully saturated rings. The van der Waals surface area contributed by atoms with E-state index in [1.54, 1.807) is 0 Å². The molecule has 0 N–H and O–H groups in total. The first-order valence-electron chi connectivity index (χ1n) is 10.5. The van der Waals surface area contributed by atoms with Gasteiger partial charge >= 0.3 is 11.9 Å². The number of benzene rings is 2. The average Bonchev–Trinajstić information content (AvgIpc) is 2.77. The van der Waals surface area contributed by atoms with Gasteiger partial charge in [-0.1, -0.05) is 59.8 Å². The van der Waals surface area contributed by atoms with Crippen LogP contribution < -0.4 is 0 Å². The third-order valence-corrected chi connectivity index (χ3v) is 6.39. The maximum absolute atomic E-state index is 12.0. The first-order chi connectivity index (χ1) is 15.4. The Kier molecular flexibility index (Phi) is 7.15. The van der Waals surface area contributed by atoms with E-state index >= 15 is 0 Å². The fraction of sp³-hybridized carbons (Fsp3) is 0.417. The Bertz CT molecular complexity index is 933. The molecule has 0 bridgehead atoms. The van der Waals surface area contributed by atoms with Gasteiger partial charge in [0, 0.05) is 24.3 Å². The monoisotopic (exact) mass is 458 g/mol. The normalized spacial score (nSPS) is 29.6. The van der Waals surface area contributed by atoms with Gasteiger partial charge in [0.1, 0.15) is 17.6 Å². The molecule has 4 rings (SSSR count). The van der Waals surface area contributed by atoms with Crippen LogP contribution in [0.3, 0.4) is 0 Å². The van der Waals surface area contributed by atoms with E-state index in [4.69, 9.17) is 23.7 Å². The van der Waals surface area contributed by atoms with Gasteiger partial charge < -0.3 is 23.7 Å². The molecule has 7 nitrogen and oxygen atoms in total. The SMILES string of the molecule is CC(=O)O[C@@H]1[C@@H](OC(C)=O)[C@H](Sc2ccc(C)cc2)O[C@@H]2COC(c3ccccc3)O[C@@H]12. The number of thioether (sulfide) groups is 1. The van der Waals surface area contributed by atoms with Crippen molar-refractivity contribution in [1.82, 2.24) is 0 Å². The van der Waals surface area contributed by atoms with Crippen molar-refractivity contribution in [3.8, 4) is 0 Å². The van der Waals surface area contributed by atoms with Crippen molar-refractivity contribution in [3.63, 3.8) is 0 Å². The maximum atomic E-state index is 12.0. The minimum atomic E-state index is -0.849. The molecule has 2 aromatic rings. The highest BCUT2D eigenvalue weighted by Crippen LogP contribution is 2.41. The molecule has 32 heavy (non-hydrogen) atoms. The van der Waals surface area contributed by atoms with E-state index in [0.29, 0.717) is 0 Å². The number of carbonyl (C=O) groups is 2. The lowest BCUT2D eigenvalue weighted by Crippen LogP contribution is -2.63. The minimum Gasteiger partial charge on any atom is -0.456 e. The third kappa shape index (κ3) is 5.32. The van der Waals surface area contributed by atoms with E-state index in [-0.39, 0.29) is 6.61 Å². The van der Waals surface area contributed by atoms with E-state index in [1.807, 2.05) is 61.5 Å². The molecule has 1 unspecified atom stereocenters.